The molecule has 3 atom stereocenters. The van der Waals surface area contributed by atoms with Gasteiger partial charge in [-0.05, 0) is 44.0 Å². The lowest BCUT2D eigenvalue weighted by molar-refractivity contribution is 0.362. The van der Waals surface area contributed by atoms with Crippen molar-refractivity contribution in [1.29, 1.82) is 0 Å². The standard InChI is InChI=1S/C19H18FN7/c1-10-21-17-4-3-15(24-27(17)23-10)11-5-14(20)19-22-16(9-26(19)6-11)18-12-7-25(2)8-13(12)18/h3-6,9,12-13,18H,7-8H2,1-2H3/t12-,13+,18?. The smallest absolute Gasteiger partial charge is 0.176 e. The minimum Gasteiger partial charge on any atom is -0.306 e. The first-order valence-electron chi connectivity index (χ1n) is 9.14. The van der Waals surface area contributed by atoms with Crippen molar-refractivity contribution in [2.45, 2.75) is 12.8 Å². The molecule has 2 fully saturated rings. The zero-order valence-electron chi connectivity index (χ0n) is 15.0. The maximum absolute atomic E-state index is 14.7. The summed E-state index contributed by atoms with van der Waals surface area (Å²) in [5.74, 6) is 2.13. The van der Waals surface area contributed by atoms with Crippen molar-refractivity contribution < 1.29 is 4.39 Å². The van der Waals surface area contributed by atoms with Crippen LogP contribution in [0.15, 0.2) is 30.6 Å². The summed E-state index contributed by atoms with van der Waals surface area (Å²) >= 11 is 0. The third-order valence-electron chi connectivity index (χ3n) is 5.85. The Morgan fingerprint density at radius 3 is 2.70 bits per heavy atom. The van der Waals surface area contributed by atoms with E-state index in [-0.39, 0.29) is 5.82 Å². The van der Waals surface area contributed by atoms with Gasteiger partial charge in [-0.25, -0.2) is 14.4 Å². The van der Waals surface area contributed by atoms with Crippen molar-refractivity contribution in [3.63, 3.8) is 0 Å². The fourth-order valence-corrected chi connectivity index (χ4v) is 4.59. The van der Waals surface area contributed by atoms with Crippen LogP contribution in [0.5, 0.6) is 0 Å². The second kappa shape index (κ2) is 5.10. The number of aromatic nitrogens is 6. The van der Waals surface area contributed by atoms with Crippen LogP contribution < -0.4 is 0 Å². The van der Waals surface area contributed by atoms with E-state index in [0.29, 0.717) is 46.1 Å². The molecule has 0 aromatic carbocycles. The Morgan fingerprint density at radius 1 is 1.07 bits per heavy atom. The van der Waals surface area contributed by atoms with Crippen molar-refractivity contribution in [2.75, 3.05) is 20.1 Å². The fraction of sp³-hybridized carbons (Fsp3) is 0.368. The largest absolute Gasteiger partial charge is 0.306 e. The van der Waals surface area contributed by atoms with E-state index in [9.17, 15) is 4.39 Å². The second-order valence-electron chi connectivity index (χ2n) is 7.77. The van der Waals surface area contributed by atoms with Gasteiger partial charge in [0.2, 0.25) is 0 Å². The molecule has 1 aliphatic carbocycles. The number of hydrogen-bond acceptors (Lipinski definition) is 5. The first-order chi connectivity index (χ1) is 13.1. The quantitative estimate of drug-likeness (QED) is 0.546. The molecule has 2 aliphatic rings. The molecule has 5 heterocycles. The highest BCUT2D eigenvalue weighted by Crippen LogP contribution is 2.57. The van der Waals surface area contributed by atoms with E-state index in [4.69, 9.17) is 0 Å². The van der Waals surface area contributed by atoms with Gasteiger partial charge >= 0.3 is 0 Å². The van der Waals surface area contributed by atoms with Crippen molar-refractivity contribution in [3.05, 3.63) is 47.9 Å². The van der Waals surface area contributed by atoms with E-state index >= 15 is 0 Å². The molecule has 0 amide bonds. The SMILES string of the molecule is Cc1nc2ccc(-c3cc(F)c4nc(C5[C@H]6CN(C)C[C@@H]56)cn4c3)nn2n1. The molecule has 8 heteroatoms. The predicted molar refractivity (Wildman–Crippen MR) is 96.9 cm³/mol. The molecule has 0 spiro atoms. The van der Waals surface area contributed by atoms with Gasteiger partial charge < -0.3 is 9.30 Å². The minimum atomic E-state index is -0.335. The summed E-state index contributed by atoms with van der Waals surface area (Å²) in [7, 11) is 2.15. The van der Waals surface area contributed by atoms with E-state index in [0.717, 1.165) is 18.8 Å². The number of pyridine rings is 1. The molecular formula is C19H18FN7. The van der Waals surface area contributed by atoms with Gasteiger partial charge in [0, 0.05) is 37.0 Å². The van der Waals surface area contributed by atoms with Crippen molar-refractivity contribution in [3.8, 4) is 11.3 Å². The van der Waals surface area contributed by atoms with Gasteiger partial charge in [0.25, 0.3) is 0 Å². The van der Waals surface area contributed by atoms with Crippen LogP contribution in [0, 0.1) is 24.6 Å². The molecule has 1 aliphatic heterocycles. The number of likely N-dealkylation sites (tertiary alicyclic amines) is 1. The molecule has 1 saturated carbocycles. The molecule has 27 heavy (non-hydrogen) atoms. The Labute approximate surface area is 154 Å². The summed E-state index contributed by atoms with van der Waals surface area (Å²) in [5.41, 5.74) is 3.39. The number of halogens is 1. The highest BCUT2D eigenvalue weighted by Gasteiger charge is 2.56. The highest BCUT2D eigenvalue weighted by molar-refractivity contribution is 5.62. The summed E-state index contributed by atoms with van der Waals surface area (Å²) in [4.78, 5) is 11.2. The number of imidazole rings is 1. The van der Waals surface area contributed by atoms with Crippen LogP contribution in [0.4, 0.5) is 4.39 Å². The van der Waals surface area contributed by atoms with Gasteiger partial charge in [-0.3, -0.25) is 0 Å². The van der Waals surface area contributed by atoms with E-state index < -0.39 is 0 Å². The number of nitrogens with zero attached hydrogens (tertiary/aromatic N) is 7. The molecule has 6 rings (SSSR count). The number of hydrogen-bond donors (Lipinski definition) is 0. The average molecular weight is 363 g/mol. The van der Waals surface area contributed by atoms with Gasteiger partial charge in [-0.15, -0.1) is 14.8 Å². The molecule has 0 radical (unpaired) electrons. The molecule has 4 aromatic rings. The third-order valence-corrected chi connectivity index (χ3v) is 5.85. The van der Waals surface area contributed by atoms with Crippen LogP contribution in [0.2, 0.25) is 0 Å². The highest BCUT2D eigenvalue weighted by atomic mass is 19.1. The normalized spacial score (nSPS) is 24.8. The molecule has 4 aromatic heterocycles. The van der Waals surface area contributed by atoms with Gasteiger partial charge in [-0.1, -0.05) is 0 Å². The lowest BCUT2D eigenvalue weighted by Crippen LogP contribution is -2.18. The van der Waals surface area contributed by atoms with Crippen LogP contribution in [-0.2, 0) is 0 Å². The second-order valence-corrected chi connectivity index (χ2v) is 7.77. The van der Waals surface area contributed by atoms with Gasteiger partial charge in [0.05, 0.1) is 11.4 Å². The summed E-state index contributed by atoms with van der Waals surface area (Å²) < 4.78 is 18.0. The summed E-state index contributed by atoms with van der Waals surface area (Å²) in [6.45, 7) is 4.04. The molecule has 1 saturated heterocycles. The first kappa shape index (κ1) is 15.2. The lowest BCUT2D eigenvalue weighted by atomic mass is 10.2. The fourth-order valence-electron chi connectivity index (χ4n) is 4.59. The van der Waals surface area contributed by atoms with Crippen LogP contribution in [0.25, 0.3) is 22.6 Å². The number of fused-ring (bicyclic) bond motifs is 3. The van der Waals surface area contributed by atoms with Crippen molar-refractivity contribution in [1.82, 2.24) is 34.1 Å². The van der Waals surface area contributed by atoms with E-state index in [1.807, 2.05) is 31.5 Å². The van der Waals surface area contributed by atoms with E-state index in [1.165, 1.54) is 10.7 Å². The Balaban J connectivity index is 1.41. The zero-order chi connectivity index (χ0) is 18.3. The Bertz CT molecular complexity index is 1200. The average Bonchev–Trinajstić information content (AvgIpc) is 3.02. The third kappa shape index (κ3) is 2.22. The van der Waals surface area contributed by atoms with Crippen LogP contribution in [-0.4, -0.2) is 54.2 Å². The molecule has 0 bridgehead atoms. The Kier molecular flexibility index (Phi) is 2.87. The summed E-state index contributed by atoms with van der Waals surface area (Å²) in [5, 5.41) is 8.70. The molecule has 7 nitrogen and oxygen atoms in total. The topological polar surface area (TPSA) is 63.6 Å². The molecule has 1 unspecified atom stereocenters. The Hall–Kier alpha value is -2.87. The van der Waals surface area contributed by atoms with Gasteiger partial charge in [-0.2, -0.15) is 0 Å². The number of aryl methyl sites for hydroxylation is 1. The minimum absolute atomic E-state index is 0.335. The van der Waals surface area contributed by atoms with Crippen LogP contribution >= 0.6 is 0 Å². The van der Waals surface area contributed by atoms with Crippen LogP contribution in [0.1, 0.15) is 17.4 Å². The summed E-state index contributed by atoms with van der Waals surface area (Å²) in [6.07, 6.45) is 3.86. The predicted octanol–water partition coefficient (Wildman–Crippen LogP) is 2.16. The number of piperidine rings is 1. The maximum atomic E-state index is 14.7. The van der Waals surface area contributed by atoms with Crippen molar-refractivity contribution >= 4 is 11.3 Å². The monoisotopic (exact) mass is 363 g/mol. The van der Waals surface area contributed by atoms with Crippen molar-refractivity contribution in [2.24, 2.45) is 11.8 Å². The molecular weight excluding hydrogens is 345 g/mol. The van der Waals surface area contributed by atoms with Gasteiger partial charge in [0.1, 0.15) is 5.82 Å². The zero-order valence-corrected chi connectivity index (χ0v) is 15.0. The first-order valence-corrected chi connectivity index (χ1v) is 9.14. The number of rotatable bonds is 2. The molecule has 0 N–H and O–H groups in total. The lowest BCUT2D eigenvalue weighted by Gasteiger charge is -2.11. The van der Waals surface area contributed by atoms with Crippen LogP contribution in [0.3, 0.4) is 0 Å². The van der Waals surface area contributed by atoms with E-state index in [2.05, 4.69) is 32.1 Å². The molecule has 136 valence electrons. The summed E-state index contributed by atoms with van der Waals surface area (Å²) in [6, 6.07) is 5.17. The Morgan fingerprint density at radius 2 is 1.89 bits per heavy atom. The maximum Gasteiger partial charge on any atom is 0.176 e. The van der Waals surface area contributed by atoms with E-state index in [1.54, 1.807) is 4.40 Å². The van der Waals surface area contributed by atoms with Gasteiger partial charge in [0.15, 0.2) is 17.1 Å².